The molecule has 37 heavy (non-hydrogen) atoms. The van der Waals surface area contributed by atoms with Crippen LogP contribution in [0.25, 0.3) is 11.0 Å². The van der Waals surface area contributed by atoms with Crippen molar-refractivity contribution in [3.63, 3.8) is 0 Å². The van der Waals surface area contributed by atoms with E-state index in [-0.39, 0.29) is 31.4 Å². The summed E-state index contributed by atoms with van der Waals surface area (Å²) >= 11 is 0. The molecule has 0 aliphatic heterocycles. The third-order valence-electron chi connectivity index (χ3n) is 5.87. The molecule has 2 aromatic carbocycles. The topological polar surface area (TPSA) is 113 Å². The number of aryl methyl sites for hydroxylation is 1. The number of fused-ring (bicyclic) bond motifs is 1. The van der Waals surface area contributed by atoms with Gasteiger partial charge in [0.2, 0.25) is 0 Å². The summed E-state index contributed by atoms with van der Waals surface area (Å²) in [6.45, 7) is 5.43. The van der Waals surface area contributed by atoms with Crippen LogP contribution in [0.15, 0.2) is 66.9 Å². The zero-order valence-corrected chi connectivity index (χ0v) is 20.8. The van der Waals surface area contributed by atoms with Crippen molar-refractivity contribution in [3.8, 4) is 6.07 Å². The molecule has 4 rings (SSSR count). The lowest BCUT2D eigenvalue weighted by Gasteiger charge is -2.21. The highest BCUT2D eigenvalue weighted by molar-refractivity contribution is 6.07. The van der Waals surface area contributed by atoms with Crippen molar-refractivity contribution in [2.75, 3.05) is 23.4 Å². The second kappa shape index (κ2) is 11.8. The van der Waals surface area contributed by atoms with Crippen LogP contribution in [0.3, 0.4) is 0 Å². The Bertz CT molecular complexity index is 1420. The van der Waals surface area contributed by atoms with E-state index in [1.807, 2.05) is 25.1 Å². The van der Waals surface area contributed by atoms with Crippen LogP contribution in [-0.4, -0.2) is 39.6 Å². The van der Waals surface area contributed by atoms with Crippen LogP contribution in [0.5, 0.6) is 0 Å². The van der Waals surface area contributed by atoms with E-state index in [1.165, 1.54) is 4.90 Å². The Morgan fingerprint density at radius 2 is 1.92 bits per heavy atom. The molecule has 1 N–H and O–H groups in total. The number of hydrogen-bond donors (Lipinski definition) is 1. The summed E-state index contributed by atoms with van der Waals surface area (Å²) in [6, 6.07) is 20.1. The Kier molecular flexibility index (Phi) is 8.11. The molecule has 0 saturated heterocycles. The molecule has 0 spiro atoms. The van der Waals surface area contributed by atoms with Crippen molar-refractivity contribution >= 4 is 34.4 Å². The number of anilines is 2. The molecule has 0 saturated carbocycles. The zero-order valence-electron chi connectivity index (χ0n) is 20.8. The number of pyridine rings is 1. The molecule has 0 atom stereocenters. The molecule has 1 amide bonds. The van der Waals surface area contributed by atoms with Gasteiger partial charge in [-0.15, -0.1) is 0 Å². The molecule has 0 radical (unpaired) electrons. The summed E-state index contributed by atoms with van der Waals surface area (Å²) in [5.41, 5.74) is 3.57. The first-order chi connectivity index (χ1) is 18.0. The standard InChI is InChI=1S/C28H28N6O3/c1-3-33-24-13-10-21(17-23(24)32-26(33)19-31-22-11-8-20(18-29)9-12-22)28(36)34(16-14-27(35)37-4-2)25-7-5-6-15-30-25/h5-13,15,17,31H,3-4,14,16,19H2,1-2H3. The molecule has 0 unspecified atom stereocenters. The molecule has 188 valence electrons. The Morgan fingerprint density at radius 1 is 1.11 bits per heavy atom. The van der Waals surface area contributed by atoms with Gasteiger partial charge in [0.05, 0.1) is 42.2 Å². The lowest BCUT2D eigenvalue weighted by atomic mass is 10.1. The number of nitrogens with zero attached hydrogens (tertiary/aromatic N) is 5. The highest BCUT2D eigenvalue weighted by Crippen LogP contribution is 2.22. The number of imidazole rings is 1. The van der Waals surface area contributed by atoms with Gasteiger partial charge in [-0.1, -0.05) is 6.07 Å². The largest absolute Gasteiger partial charge is 0.466 e. The lowest BCUT2D eigenvalue weighted by Crippen LogP contribution is -2.34. The molecule has 9 heteroatoms. The third kappa shape index (κ3) is 5.93. The van der Waals surface area contributed by atoms with Crippen molar-refractivity contribution in [3.05, 3.63) is 83.8 Å². The molecule has 2 heterocycles. The van der Waals surface area contributed by atoms with Gasteiger partial charge in [0, 0.05) is 30.5 Å². The number of carbonyl (C=O) groups is 2. The highest BCUT2D eigenvalue weighted by Gasteiger charge is 2.21. The molecule has 9 nitrogen and oxygen atoms in total. The van der Waals surface area contributed by atoms with Crippen LogP contribution < -0.4 is 10.2 Å². The van der Waals surface area contributed by atoms with Crippen LogP contribution >= 0.6 is 0 Å². The van der Waals surface area contributed by atoms with E-state index in [4.69, 9.17) is 15.0 Å². The number of ether oxygens (including phenoxy) is 1. The van der Waals surface area contributed by atoms with Crippen LogP contribution in [-0.2, 0) is 22.6 Å². The predicted octanol–water partition coefficient (Wildman–Crippen LogP) is 4.53. The quantitative estimate of drug-likeness (QED) is 0.321. The fourth-order valence-corrected chi connectivity index (χ4v) is 4.07. The molecular formula is C28H28N6O3. The lowest BCUT2D eigenvalue weighted by molar-refractivity contribution is -0.142. The minimum Gasteiger partial charge on any atom is -0.466 e. The molecular weight excluding hydrogens is 468 g/mol. The normalized spacial score (nSPS) is 10.6. The van der Waals surface area contributed by atoms with Crippen molar-refractivity contribution in [1.29, 1.82) is 5.26 Å². The first-order valence-corrected chi connectivity index (χ1v) is 12.2. The van der Waals surface area contributed by atoms with Gasteiger partial charge in [-0.2, -0.15) is 5.26 Å². The molecule has 4 aromatic rings. The molecule has 0 aliphatic rings. The number of carbonyl (C=O) groups excluding carboxylic acids is 2. The fourth-order valence-electron chi connectivity index (χ4n) is 4.07. The second-order valence-corrected chi connectivity index (χ2v) is 8.22. The minimum absolute atomic E-state index is 0.0635. The Balaban J connectivity index is 1.58. The number of amides is 1. The molecule has 0 bridgehead atoms. The number of nitrogens with one attached hydrogen (secondary N) is 1. The Hall–Kier alpha value is -4.71. The summed E-state index contributed by atoms with van der Waals surface area (Å²) in [7, 11) is 0. The van der Waals surface area contributed by atoms with Gasteiger partial charge in [0.1, 0.15) is 11.6 Å². The molecule has 0 fully saturated rings. The average molecular weight is 497 g/mol. The average Bonchev–Trinajstić information content (AvgIpc) is 3.29. The number of rotatable bonds is 10. The van der Waals surface area contributed by atoms with Gasteiger partial charge >= 0.3 is 5.97 Å². The van der Waals surface area contributed by atoms with Gasteiger partial charge in [-0.05, 0) is 68.4 Å². The maximum Gasteiger partial charge on any atom is 0.307 e. The predicted molar refractivity (Wildman–Crippen MR) is 141 cm³/mol. The van der Waals surface area contributed by atoms with Gasteiger partial charge in [0.15, 0.2) is 0 Å². The molecule has 0 aliphatic carbocycles. The van der Waals surface area contributed by atoms with Gasteiger partial charge in [0.25, 0.3) is 5.91 Å². The third-order valence-corrected chi connectivity index (χ3v) is 5.87. The van der Waals surface area contributed by atoms with Crippen LogP contribution in [0.4, 0.5) is 11.5 Å². The number of hydrogen-bond acceptors (Lipinski definition) is 7. The number of esters is 1. The van der Waals surface area contributed by atoms with E-state index in [1.54, 1.807) is 55.6 Å². The van der Waals surface area contributed by atoms with E-state index in [0.717, 1.165) is 17.0 Å². The van der Waals surface area contributed by atoms with Crippen molar-refractivity contribution < 1.29 is 14.3 Å². The minimum atomic E-state index is -0.368. The maximum absolute atomic E-state index is 13.5. The summed E-state index contributed by atoms with van der Waals surface area (Å²) < 4.78 is 7.13. The first kappa shape index (κ1) is 25.4. The van der Waals surface area contributed by atoms with Crippen LogP contribution in [0.1, 0.15) is 42.0 Å². The zero-order chi connectivity index (χ0) is 26.2. The fraction of sp³-hybridized carbons (Fsp3) is 0.250. The Morgan fingerprint density at radius 3 is 2.59 bits per heavy atom. The van der Waals surface area contributed by atoms with Crippen LogP contribution in [0, 0.1) is 11.3 Å². The summed E-state index contributed by atoms with van der Waals surface area (Å²) in [6.07, 6.45) is 1.67. The van der Waals surface area contributed by atoms with Crippen LogP contribution in [0.2, 0.25) is 0 Å². The highest BCUT2D eigenvalue weighted by atomic mass is 16.5. The smallest absolute Gasteiger partial charge is 0.307 e. The van der Waals surface area contributed by atoms with Gasteiger partial charge in [-0.3, -0.25) is 14.5 Å². The van der Waals surface area contributed by atoms with E-state index in [2.05, 4.69) is 20.9 Å². The number of aromatic nitrogens is 3. The van der Waals surface area contributed by atoms with E-state index >= 15 is 0 Å². The van der Waals surface area contributed by atoms with Crippen molar-refractivity contribution in [2.45, 2.75) is 33.4 Å². The SMILES string of the molecule is CCOC(=O)CCN(C(=O)c1ccc2c(c1)nc(CNc1ccc(C#N)cc1)n2CC)c1ccccn1. The summed E-state index contributed by atoms with van der Waals surface area (Å²) in [4.78, 5) is 36.1. The maximum atomic E-state index is 13.5. The van der Waals surface area contributed by atoms with Gasteiger partial charge < -0.3 is 14.6 Å². The Labute approximate surface area is 215 Å². The van der Waals surface area contributed by atoms with E-state index in [9.17, 15) is 9.59 Å². The first-order valence-electron chi connectivity index (χ1n) is 12.2. The summed E-state index contributed by atoms with van der Waals surface area (Å²) in [5, 5.41) is 12.3. The molecule has 2 aromatic heterocycles. The number of benzene rings is 2. The van der Waals surface area contributed by atoms with Crippen molar-refractivity contribution in [2.24, 2.45) is 0 Å². The monoisotopic (exact) mass is 496 g/mol. The van der Waals surface area contributed by atoms with Crippen molar-refractivity contribution in [1.82, 2.24) is 14.5 Å². The second-order valence-electron chi connectivity index (χ2n) is 8.22. The summed E-state index contributed by atoms with van der Waals surface area (Å²) in [5.74, 6) is 0.652. The number of nitriles is 1. The van der Waals surface area contributed by atoms with Gasteiger partial charge in [-0.25, -0.2) is 9.97 Å². The van der Waals surface area contributed by atoms with E-state index in [0.29, 0.717) is 35.6 Å². The van der Waals surface area contributed by atoms with E-state index < -0.39 is 0 Å².